The fraction of sp³-hybridized carbons (Fsp3) is 0.533. The normalized spacial score (nSPS) is 11.8. The van der Waals surface area contributed by atoms with E-state index < -0.39 is 0 Å². The highest BCUT2D eigenvalue weighted by Crippen LogP contribution is 2.24. The molecule has 1 aromatic rings. The van der Waals surface area contributed by atoms with E-state index in [1.165, 1.54) is 0 Å². The second kappa shape index (κ2) is 7.02. The average Bonchev–Trinajstić information content (AvgIpc) is 2.40. The van der Waals surface area contributed by atoms with Crippen LogP contribution in [0.25, 0.3) is 0 Å². The summed E-state index contributed by atoms with van der Waals surface area (Å²) < 4.78 is 0. The number of likely N-dealkylation sites (N-methyl/N-ethyl adjacent to an activating group) is 1. The van der Waals surface area contributed by atoms with Gasteiger partial charge in [0.15, 0.2) is 0 Å². The minimum Gasteiger partial charge on any atom is -0.376 e. The Morgan fingerprint density at radius 1 is 1.21 bits per heavy atom. The van der Waals surface area contributed by atoms with Gasteiger partial charge in [0.2, 0.25) is 5.91 Å². The van der Waals surface area contributed by atoms with Gasteiger partial charge in [-0.15, -0.1) is 0 Å². The molecule has 0 aliphatic rings. The molecule has 4 nitrogen and oxygen atoms in total. The molecule has 1 amide bonds. The van der Waals surface area contributed by atoms with E-state index in [4.69, 9.17) is 0 Å². The molecule has 19 heavy (non-hydrogen) atoms. The summed E-state index contributed by atoms with van der Waals surface area (Å²) in [5.41, 5.74) is 2.07. The van der Waals surface area contributed by atoms with Crippen LogP contribution in [0.4, 0.5) is 11.4 Å². The quantitative estimate of drug-likeness (QED) is 0.856. The van der Waals surface area contributed by atoms with Crippen LogP contribution in [0.5, 0.6) is 0 Å². The molecule has 1 atom stereocenters. The van der Waals surface area contributed by atoms with Gasteiger partial charge in [-0.05, 0) is 32.9 Å². The van der Waals surface area contributed by atoms with E-state index in [9.17, 15) is 4.79 Å². The molecule has 0 heterocycles. The average molecular weight is 263 g/mol. The van der Waals surface area contributed by atoms with Crippen molar-refractivity contribution in [1.29, 1.82) is 0 Å². The first-order chi connectivity index (χ1) is 9.01. The molecule has 0 aliphatic heterocycles. The maximum Gasteiger partial charge on any atom is 0.244 e. The third-order valence-electron chi connectivity index (χ3n) is 3.20. The molecule has 0 saturated carbocycles. The lowest BCUT2D eigenvalue weighted by molar-refractivity contribution is -0.131. The van der Waals surface area contributed by atoms with Crippen molar-refractivity contribution in [1.82, 2.24) is 4.90 Å². The Kier molecular flexibility index (Phi) is 5.67. The number of amides is 1. The third kappa shape index (κ3) is 3.88. The van der Waals surface area contributed by atoms with Crippen LogP contribution in [-0.2, 0) is 4.79 Å². The summed E-state index contributed by atoms with van der Waals surface area (Å²) in [7, 11) is 3.99. The maximum absolute atomic E-state index is 12.2. The second-order valence-electron chi connectivity index (χ2n) is 4.79. The largest absolute Gasteiger partial charge is 0.376 e. The van der Waals surface area contributed by atoms with Gasteiger partial charge in [0, 0.05) is 27.2 Å². The molecule has 1 aromatic carbocycles. The van der Waals surface area contributed by atoms with Gasteiger partial charge in [0.25, 0.3) is 0 Å². The van der Waals surface area contributed by atoms with Crippen LogP contribution >= 0.6 is 0 Å². The molecule has 106 valence electrons. The standard InChI is InChI=1S/C15H25N3O/c1-6-18(7-2)15(19)12(3)16-13-10-8-9-11-14(13)17(4)5/h8-12,16H,6-7H2,1-5H3. The van der Waals surface area contributed by atoms with Gasteiger partial charge >= 0.3 is 0 Å². The van der Waals surface area contributed by atoms with Gasteiger partial charge in [0.1, 0.15) is 6.04 Å². The van der Waals surface area contributed by atoms with E-state index in [2.05, 4.69) is 5.32 Å². The summed E-state index contributed by atoms with van der Waals surface area (Å²) in [6.07, 6.45) is 0. The van der Waals surface area contributed by atoms with E-state index in [0.29, 0.717) is 0 Å². The number of benzene rings is 1. The van der Waals surface area contributed by atoms with Gasteiger partial charge in [-0.2, -0.15) is 0 Å². The first kappa shape index (κ1) is 15.3. The Labute approximate surface area is 116 Å². The number of carbonyl (C=O) groups is 1. The van der Waals surface area contributed by atoms with Gasteiger partial charge in [-0.25, -0.2) is 0 Å². The molecule has 0 bridgehead atoms. The Morgan fingerprint density at radius 3 is 2.32 bits per heavy atom. The fourth-order valence-electron chi connectivity index (χ4n) is 2.09. The van der Waals surface area contributed by atoms with Crippen molar-refractivity contribution in [2.75, 3.05) is 37.4 Å². The van der Waals surface area contributed by atoms with Gasteiger partial charge in [-0.3, -0.25) is 4.79 Å². The van der Waals surface area contributed by atoms with E-state index in [-0.39, 0.29) is 11.9 Å². The minimum absolute atomic E-state index is 0.138. The molecule has 4 heteroatoms. The maximum atomic E-state index is 12.2. The Balaban J connectivity index is 2.82. The summed E-state index contributed by atoms with van der Waals surface area (Å²) in [6.45, 7) is 7.41. The number of rotatable bonds is 6. The zero-order valence-electron chi connectivity index (χ0n) is 12.6. The zero-order valence-corrected chi connectivity index (χ0v) is 12.6. The SMILES string of the molecule is CCN(CC)C(=O)C(C)Nc1ccccc1N(C)C. The number of hydrogen-bond acceptors (Lipinski definition) is 3. The van der Waals surface area contributed by atoms with Crippen LogP contribution in [0.2, 0.25) is 0 Å². The van der Waals surface area contributed by atoms with E-state index in [1.807, 2.05) is 68.9 Å². The predicted molar refractivity (Wildman–Crippen MR) is 81.8 cm³/mol. The highest BCUT2D eigenvalue weighted by atomic mass is 16.2. The lowest BCUT2D eigenvalue weighted by Gasteiger charge is -2.26. The molecule has 1 rings (SSSR count). The molecule has 0 fully saturated rings. The topological polar surface area (TPSA) is 35.6 Å². The van der Waals surface area contributed by atoms with Crippen molar-refractivity contribution < 1.29 is 4.79 Å². The number of nitrogens with zero attached hydrogens (tertiary/aromatic N) is 2. The molecule has 0 saturated heterocycles. The molecule has 0 aliphatic carbocycles. The first-order valence-electron chi connectivity index (χ1n) is 6.82. The van der Waals surface area contributed by atoms with Crippen molar-refractivity contribution in [3.8, 4) is 0 Å². The van der Waals surface area contributed by atoms with Crippen molar-refractivity contribution in [2.24, 2.45) is 0 Å². The lowest BCUT2D eigenvalue weighted by atomic mass is 10.2. The van der Waals surface area contributed by atoms with Crippen LogP contribution in [0.1, 0.15) is 20.8 Å². The molecular formula is C15H25N3O. The van der Waals surface area contributed by atoms with Gasteiger partial charge in [0.05, 0.1) is 11.4 Å². The number of carbonyl (C=O) groups excluding carboxylic acids is 1. The number of hydrogen-bond donors (Lipinski definition) is 1. The fourth-order valence-corrected chi connectivity index (χ4v) is 2.09. The zero-order chi connectivity index (χ0) is 14.4. The smallest absolute Gasteiger partial charge is 0.244 e. The number of anilines is 2. The van der Waals surface area contributed by atoms with E-state index in [0.717, 1.165) is 24.5 Å². The molecule has 1 unspecified atom stereocenters. The summed E-state index contributed by atoms with van der Waals surface area (Å²) in [5, 5.41) is 3.31. The van der Waals surface area contributed by atoms with Crippen LogP contribution in [0.3, 0.4) is 0 Å². The molecule has 0 spiro atoms. The molecule has 0 radical (unpaired) electrons. The number of para-hydroxylation sites is 2. The van der Waals surface area contributed by atoms with Crippen molar-refractivity contribution in [3.63, 3.8) is 0 Å². The van der Waals surface area contributed by atoms with Crippen LogP contribution in [0.15, 0.2) is 24.3 Å². The Morgan fingerprint density at radius 2 is 1.79 bits per heavy atom. The monoisotopic (exact) mass is 263 g/mol. The summed E-state index contributed by atoms with van der Waals surface area (Å²) >= 11 is 0. The summed E-state index contributed by atoms with van der Waals surface area (Å²) in [4.78, 5) is 16.1. The first-order valence-corrected chi connectivity index (χ1v) is 6.82. The summed E-state index contributed by atoms with van der Waals surface area (Å²) in [5.74, 6) is 0.138. The molecular weight excluding hydrogens is 238 g/mol. The summed E-state index contributed by atoms with van der Waals surface area (Å²) in [6, 6.07) is 7.79. The second-order valence-corrected chi connectivity index (χ2v) is 4.79. The van der Waals surface area contributed by atoms with Crippen molar-refractivity contribution in [3.05, 3.63) is 24.3 Å². The Hall–Kier alpha value is -1.71. The Bertz CT molecular complexity index is 414. The predicted octanol–water partition coefficient (Wildman–Crippen LogP) is 2.42. The molecule has 1 N–H and O–H groups in total. The lowest BCUT2D eigenvalue weighted by Crippen LogP contribution is -2.41. The van der Waals surface area contributed by atoms with Gasteiger partial charge < -0.3 is 15.1 Å². The van der Waals surface area contributed by atoms with E-state index in [1.54, 1.807) is 0 Å². The molecule has 0 aromatic heterocycles. The van der Waals surface area contributed by atoms with Gasteiger partial charge in [-0.1, -0.05) is 12.1 Å². The highest BCUT2D eigenvalue weighted by Gasteiger charge is 2.18. The van der Waals surface area contributed by atoms with Crippen molar-refractivity contribution >= 4 is 17.3 Å². The third-order valence-corrected chi connectivity index (χ3v) is 3.20. The minimum atomic E-state index is -0.221. The highest BCUT2D eigenvalue weighted by molar-refractivity contribution is 5.85. The van der Waals surface area contributed by atoms with Crippen LogP contribution in [0, 0.1) is 0 Å². The van der Waals surface area contributed by atoms with Crippen LogP contribution < -0.4 is 10.2 Å². The van der Waals surface area contributed by atoms with Crippen LogP contribution in [-0.4, -0.2) is 44.0 Å². The van der Waals surface area contributed by atoms with E-state index >= 15 is 0 Å². The van der Waals surface area contributed by atoms with Crippen molar-refractivity contribution in [2.45, 2.75) is 26.8 Å². The number of nitrogens with one attached hydrogen (secondary N) is 1.